The molecule has 0 fully saturated rings. The molecule has 94 valence electrons. The van der Waals surface area contributed by atoms with Gasteiger partial charge >= 0.3 is 5.97 Å². The third-order valence-electron chi connectivity index (χ3n) is 2.86. The molecule has 0 atom stereocenters. The third-order valence-corrected chi connectivity index (χ3v) is 2.86. The Bertz CT molecular complexity index is 590. The van der Waals surface area contributed by atoms with Gasteiger partial charge in [0.2, 0.25) is 0 Å². The quantitative estimate of drug-likeness (QED) is 0.907. The number of carboxylic acid groups (broad SMARTS) is 1. The SMILES string of the molecule is CC(C)(C(=O)O)c1ccn(-c2ccccc2F)n1. The Morgan fingerprint density at radius 2 is 2.00 bits per heavy atom. The Labute approximate surface area is 104 Å². The van der Waals surface area contributed by atoms with Gasteiger partial charge in [0.25, 0.3) is 0 Å². The number of halogens is 1. The molecular weight excluding hydrogens is 235 g/mol. The maximum atomic E-state index is 13.6. The monoisotopic (exact) mass is 248 g/mol. The van der Waals surface area contributed by atoms with Gasteiger partial charge in [-0.15, -0.1) is 0 Å². The number of benzene rings is 1. The van der Waals surface area contributed by atoms with Crippen molar-refractivity contribution >= 4 is 5.97 Å². The minimum atomic E-state index is -1.10. The van der Waals surface area contributed by atoms with Crippen molar-refractivity contribution in [3.8, 4) is 5.69 Å². The molecule has 0 unspecified atom stereocenters. The fraction of sp³-hybridized carbons (Fsp3) is 0.231. The van der Waals surface area contributed by atoms with Crippen LogP contribution < -0.4 is 0 Å². The van der Waals surface area contributed by atoms with Crippen LogP contribution in [0.25, 0.3) is 5.69 Å². The van der Waals surface area contributed by atoms with E-state index in [0.717, 1.165) is 0 Å². The van der Waals surface area contributed by atoms with Crippen LogP contribution in [0.2, 0.25) is 0 Å². The van der Waals surface area contributed by atoms with Crippen molar-refractivity contribution in [3.63, 3.8) is 0 Å². The highest BCUT2D eigenvalue weighted by Crippen LogP contribution is 2.22. The molecule has 0 bridgehead atoms. The van der Waals surface area contributed by atoms with Crippen molar-refractivity contribution in [1.29, 1.82) is 0 Å². The van der Waals surface area contributed by atoms with Crippen LogP contribution in [0.1, 0.15) is 19.5 Å². The molecular formula is C13H13FN2O2. The van der Waals surface area contributed by atoms with Crippen molar-refractivity contribution in [2.45, 2.75) is 19.3 Å². The topological polar surface area (TPSA) is 55.1 Å². The molecule has 1 aromatic heterocycles. The first kappa shape index (κ1) is 12.3. The van der Waals surface area contributed by atoms with Gasteiger partial charge in [0, 0.05) is 6.20 Å². The molecule has 0 radical (unpaired) electrons. The van der Waals surface area contributed by atoms with Gasteiger partial charge in [-0.1, -0.05) is 12.1 Å². The van der Waals surface area contributed by atoms with Gasteiger partial charge in [-0.3, -0.25) is 4.79 Å². The molecule has 2 rings (SSSR count). The summed E-state index contributed by atoms with van der Waals surface area (Å²) < 4.78 is 14.9. The number of para-hydroxylation sites is 1. The van der Waals surface area contributed by atoms with Crippen molar-refractivity contribution in [2.75, 3.05) is 0 Å². The maximum absolute atomic E-state index is 13.6. The molecule has 1 N–H and O–H groups in total. The first-order valence-corrected chi connectivity index (χ1v) is 5.47. The number of hydrogen-bond acceptors (Lipinski definition) is 2. The Morgan fingerprint density at radius 3 is 2.61 bits per heavy atom. The van der Waals surface area contributed by atoms with Crippen LogP contribution in [-0.2, 0) is 10.2 Å². The molecule has 5 heteroatoms. The summed E-state index contributed by atoms with van der Waals surface area (Å²) in [7, 11) is 0. The summed E-state index contributed by atoms with van der Waals surface area (Å²) in [5, 5.41) is 13.2. The van der Waals surface area contributed by atoms with Crippen LogP contribution in [0.15, 0.2) is 36.5 Å². The van der Waals surface area contributed by atoms with E-state index in [-0.39, 0.29) is 0 Å². The van der Waals surface area contributed by atoms with Gasteiger partial charge in [0.15, 0.2) is 0 Å². The van der Waals surface area contributed by atoms with E-state index >= 15 is 0 Å². The van der Waals surface area contributed by atoms with E-state index < -0.39 is 17.2 Å². The number of rotatable bonds is 3. The maximum Gasteiger partial charge on any atom is 0.315 e. The van der Waals surface area contributed by atoms with Crippen molar-refractivity contribution in [3.05, 3.63) is 48.0 Å². The highest BCUT2D eigenvalue weighted by molar-refractivity contribution is 5.79. The minimum absolute atomic E-state index is 0.296. The molecule has 1 heterocycles. The van der Waals surface area contributed by atoms with Crippen LogP contribution in [0.4, 0.5) is 4.39 Å². The van der Waals surface area contributed by atoms with Crippen LogP contribution >= 0.6 is 0 Å². The number of carboxylic acids is 1. The van der Waals surface area contributed by atoms with E-state index in [0.29, 0.717) is 11.4 Å². The molecule has 2 aromatic rings. The van der Waals surface area contributed by atoms with E-state index in [9.17, 15) is 9.18 Å². The van der Waals surface area contributed by atoms with E-state index in [2.05, 4.69) is 5.10 Å². The van der Waals surface area contributed by atoms with Gasteiger partial charge in [-0.2, -0.15) is 5.10 Å². The summed E-state index contributed by atoms with van der Waals surface area (Å²) >= 11 is 0. The Balaban J connectivity index is 2.44. The molecule has 0 aliphatic rings. The minimum Gasteiger partial charge on any atom is -0.481 e. The van der Waals surface area contributed by atoms with Crippen LogP contribution in [0, 0.1) is 5.82 Å². The van der Waals surface area contributed by atoms with Crippen molar-refractivity contribution < 1.29 is 14.3 Å². The lowest BCUT2D eigenvalue weighted by Gasteiger charge is -2.15. The fourth-order valence-corrected chi connectivity index (χ4v) is 1.54. The zero-order chi connectivity index (χ0) is 13.3. The molecule has 0 aliphatic heterocycles. The Morgan fingerprint density at radius 1 is 1.33 bits per heavy atom. The smallest absolute Gasteiger partial charge is 0.315 e. The average Bonchev–Trinajstić information content (AvgIpc) is 2.79. The van der Waals surface area contributed by atoms with Crippen LogP contribution in [0.3, 0.4) is 0 Å². The summed E-state index contributed by atoms with van der Waals surface area (Å²) in [5.41, 5.74) is -0.417. The zero-order valence-electron chi connectivity index (χ0n) is 10.1. The summed E-state index contributed by atoms with van der Waals surface area (Å²) in [6.07, 6.45) is 1.55. The van der Waals surface area contributed by atoms with Crippen LogP contribution in [0.5, 0.6) is 0 Å². The van der Waals surface area contributed by atoms with Gasteiger partial charge in [0.1, 0.15) is 16.9 Å². The molecule has 18 heavy (non-hydrogen) atoms. The summed E-state index contributed by atoms with van der Waals surface area (Å²) in [6, 6.07) is 7.78. The number of nitrogens with zero attached hydrogens (tertiary/aromatic N) is 2. The molecule has 0 amide bonds. The second-order valence-electron chi connectivity index (χ2n) is 4.53. The van der Waals surface area contributed by atoms with Crippen LogP contribution in [-0.4, -0.2) is 20.9 Å². The lowest BCUT2D eigenvalue weighted by molar-refractivity contribution is -0.142. The second kappa shape index (κ2) is 4.25. The van der Waals surface area contributed by atoms with Gasteiger partial charge in [-0.25, -0.2) is 9.07 Å². The number of aliphatic carboxylic acids is 1. The van der Waals surface area contributed by atoms with E-state index in [4.69, 9.17) is 5.11 Å². The summed E-state index contributed by atoms with van der Waals surface area (Å²) in [6.45, 7) is 3.12. The third kappa shape index (κ3) is 1.99. The van der Waals surface area contributed by atoms with Gasteiger partial charge < -0.3 is 5.11 Å². The molecule has 1 aromatic carbocycles. The van der Waals surface area contributed by atoms with Crippen molar-refractivity contribution in [2.24, 2.45) is 0 Å². The molecule has 0 saturated carbocycles. The molecule has 0 aliphatic carbocycles. The summed E-state index contributed by atoms with van der Waals surface area (Å²) in [5.74, 6) is -1.37. The second-order valence-corrected chi connectivity index (χ2v) is 4.53. The largest absolute Gasteiger partial charge is 0.481 e. The molecule has 4 nitrogen and oxygen atoms in total. The van der Waals surface area contributed by atoms with Gasteiger partial charge in [0.05, 0.1) is 5.69 Å². The van der Waals surface area contributed by atoms with E-state index in [1.807, 2.05) is 0 Å². The number of hydrogen-bond donors (Lipinski definition) is 1. The lowest BCUT2D eigenvalue weighted by Crippen LogP contribution is -2.29. The standard InChI is InChI=1S/C13H13FN2O2/c1-13(2,12(17)18)11-7-8-16(15-11)10-6-4-3-5-9(10)14/h3-8H,1-2H3,(H,17,18). The Hall–Kier alpha value is -2.17. The number of aromatic nitrogens is 2. The van der Waals surface area contributed by atoms with E-state index in [1.165, 1.54) is 10.7 Å². The lowest BCUT2D eigenvalue weighted by atomic mass is 9.90. The zero-order valence-corrected chi connectivity index (χ0v) is 10.1. The van der Waals surface area contributed by atoms with Crippen molar-refractivity contribution in [1.82, 2.24) is 9.78 Å². The van der Waals surface area contributed by atoms with Gasteiger partial charge in [-0.05, 0) is 32.0 Å². The number of carbonyl (C=O) groups is 1. The predicted molar refractivity (Wildman–Crippen MR) is 64.2 cm³/mol. The fourth-order valence-electron chi connectivity index (χ4n) is 1.54. The highest BCUT2D eigenvalue weighted by Gasteiger charge is 2.32. The first-order chi connectivity index (χ1) is 8.43. The normalized spacial score (nSPS) is 11.5. The van der Waals surface area contributed by atoms with E-state index in [1.54, 1.807) is 44.3 Å². The average molecular weight is 248 g/mol. The summed E-state index contributed by atoms with van der Waals surface area (Å²) in [4.78, 5) is 11.1. The Kier molecular flexibility index (Phi) is 2.90. The molecule has 0 spiro atoms. The molecule has 0 saturated heterocycles. The highest BCUT2D eigenvalue weighted by atomic mass is 19.1. The first-order valence-electron chi connectivity index (χ1n) is 5.47. The predicted octanol–water partition coefficient (Wildman–Crippen LogP) is 2.37.